The minimum atomic E-state index is -0.327. The molecule has 0 radical (unpaired) electrons. The van der Waals surface area contributed by atoms with Crippen LogP contribution >= 0.6 is 12.4 Å². The van der Waals surface area contributed by atoms with Gasteiger partial charge in [0.2, 0.25) is 0 Å². The van der Waals surface area contributed by atoms with Gasteiger partial charge in [-0.1, -0.05) is 24.3 Å². The Morgan fingerprint density at radius 2 is 1.45 bits per heavy atom. The van der Waals surface area contributed by atoms with Gasteiger partial charge in [-0.15, -0.1) is 12.4 Å². The monoisotopic (exact) mass is 422 g/mol. The van der Waals surface area contributed by atoms with Crippen molar-refractivity contribution in [2.24, 2.45) is 0 Å². The highest BCUT2D eigenvalue weighted by Gasteiger charge is 2.34. The smallest absolute Gasteiger partial charge is 0.123 e. The first-order valence-corrected chi connectivity index (χ1v) is 10.2. The molecule has 2 aromatic rings. The van der Waals surface area contributed by atoms with Crippen molar-refractivity contribution in [1.82, 2.24) is 9.80 Å². The summed E-state index contributed by atoms with van der Waals surface area (Å²) in [6.45, 7) is 3.65. The average molecular weight is 423 g/mol. The van der Waals surface area contributed by atoms with E-state index in [4.69, 9.17) is 4.74 Å². The van der Waals surface area contributed by atoms with Gasteiger partial charge in [0.1, 0.15) is 17.7 Å². The summed E-state index contributed by atoms with van der Waals surface area (Å²) < 4.78 is 32.9. The van der Waals surface area contributed by atoms with Crippen LogP contribution in [0, 0.1) is 11.6 Å². The van der Waals surface area contributed by atoms with Gasteiger partial charge in [-0.3, -0.25) is 9.80 Å². The highest BCUT2D eigenvalue weighted by molar-refractivity contribution is 5.85. The van der Waals surface area contributed by atoms with E-state index >= 15 is 0 Å². The van der Waals surface area contributed by atoms with E-state index in [-0.39, 0.29) is 30.1 Å². The van der Waals surface area contributed by atoms with Crippen LogP contribution in [0.5, 0.6) is 0 Å². The van der Waals surface area contributed by atoms with Gasteiger partial charge in [0, 0.05) is 25.2 Å². The quantitative estimate of drug-likeness (QED) is 0.673. The summed E-state index contributed by atoms with van der Waals surface area (Å²) in [5, 5.41) is 0. The summed E-state index contributed by atoms with van der Waals surface area (Å²) >= 11 is 0. The molecule has 2 bridgehead atoms. The van der Waals surface area contributed by atoms with Crippen LogP contribution in [0.3, 0.4) is 0 Å². The Morgan fingerprint density at radius 3 is 2.03 bits per heavy atom. The number of fused-ring (bicyclic) bond motifs is 2. The molecule has 0 aliphatic carbocycles. The van der Waals surface area contributed by atoms with Crippen LogP contribution in [0.1, 0.15) is 36.5 Å². The molecule has 4 rings (SSSR count). The van der Waals surface area contributed by atoms with Crippen molar-refractivity contribution in [1.29, 1.82) is 0 Å². The number of benzene rings is 2. The Balaban J connectivity index is 0.00000240. The molecule has 0 spiro atoms. The number of nitrogens with zero attached hydrogens (tertiary/aromatic N) is 2. The van der Waals surface area contributed by atoms with E-state index in [1.165, 1.54) is 43.5 Å². The summed E-state index contributed by atoms with van der Waals surface area (Å²) in [5.41, 5.74) is 1.75. The first-order valence-electron chi connectivity index (χ1n) is 10.2. The Morgan fingerprint density at radius 1 is 0.897 bits per heavy atom. The topological polar surface area (TPSA) is 15.7 Å². The van der Waals surface area contributed by atoms with Crippen LogP contribution in [0.15, 0.2) is 48.5 Å². The van der Waals surface area contributed by atoms with Gasteiger partial charge in [0.25, 0.3) is 0 Å². The van der Waals surface area contributed by atoms with E-state index in [0.717, 1.165) is 36.8 Å². The SMILES string of the molecule is CN1C2CCC1CN(CCOC(c1ccc(F)cc1)c1ccc(F)cc1)CC2.Cl. The summed E-state index contributed by atoms with van der Waals surface area (Å²) in [7, 11) is 2.25. The van der Waals surface area contributed by atoms with E-state index in [9.17, 15) is 8.78 Å². The number of hydrogen-bond donors (Lipinski definition) is 0. The van der Waals surface area contributed by atoms with Crippen molar-refractivity contribution in [2.45, 2.75) is 37.5 Å². The minimum absolute atomic E-state index is 0. The van der Waals surface area contributed by atoms with Crippen LogP contribution in [0.4, 0.5) is 8.78 Å². The largest absolute Gasteiger partial charge is 0.367 e. The highest BCUT2D eigenvalue weighted by atomic mass is 35.5. The summed E-state index contributed by atoms with van der Waals surface area (Å²) in [6, 6.07) is 14.1. The van der Waals surface area contributed by atoms with Crippen molar-refractivity contribution >= 4 is 12.4 Å². The molecule has 158 valence electrons. The summed E-state index contributed by atoms with van der Waals surface area (Å²) in [4.78, 5) is 5.04. The second-order valence-corrected chi connectivity index (χ2v) is 7.99. The highest BCUT2D eigenvalue weighted by Crippen LogP contribution is 2.29. The molecule has 2 aromatic carbocycles. The van der Waals surface area contributed by atoms with E-state index in [1.54, 1.807) is 24.3 Å². The third-order valence-electron chi connectivity index (χ3n) is 6.27. The van der Waals surface area contributed by atoms with Crippen LogP contribution in [-0.4, -0.2) is 55.2 Å². The molecule has 2 saturated heterocycles. The number of hydrogen-bond acceptors (Lipinski definition) is 3. The Hall–Kier alpha value is -1.53. The number of halogens is 3. The normalized spacial score (nSPS) is 22.5. The molecule has 0 aromatic heterocycles. The lowest BCUT2D eigenvalue weighted by molar-refractivity contribution is 0.0578. The molecule has 2 heterocycles. The first-order chi connectivity index (χ1) is 13.6. The molecule has 2 aliphatic heterocycles. The van der Waals surface area contributed by atoms with Gasteiger partial charge in [-0.05, 0) is 68.2 Å². The van der Waals surface area contributed by atoms with Gasteiger partial charge in [0.15, 0.2) is 0 Å². The zero-order valence-corrected chi connectivity index (χ0v) is 17.6. The molecule has 2 atom stereocenters. The van der Waals surface area contributed by atoms with Crippen LogP contribution in [0.25, 0.3) is 0 Å². The zero-order chi connectivity index (χ0) is 19.5. The van der Waals surface area contributed by atoms with Crippen LogP contribution in [-0.2, 0) is 4.74 Å². The Kier molecular flexibility index (Phi) is 7.63. The van der Waals surface area contributed by atoms with E-state index < -0.39 is 0 Å². The lowest BCUT2D eigenvalue weighted by Gasteiger charge is -2.26. The molecule has 0 N–H and O–H groups in total. The summed E-state index contributed by atoms with van der Waals surface area (Å²) in [5.74, 6) is -0.546. The second kappa shape index (κ2) is 9.98. The van der Waals surface area contributed by atoms with E-state index in [0.29, 0.717) is 12.6 Å². The maximum absolute atomic E-state index is 13.3. The van der Waals surface area contributed by atoms with Gasteiger partial charge in [0.05, 0.1) is 6.61 Å². The van der Waals surface area contributed by atoms with Crippen molar-refractivity contribution in [3.63, 3.8) is 0 Å². The first kappa shape index (κ1) is 22.2. The number of rotatable bonds is 6. The standard InChI is InChI=1S/C23H28F2N2O.ClH/c1-26-21-10-11-22(26)16-27(13-12-21)14-15-28-23(17-2-6-19(24)7-3-17)18-4-8-20(25)9-5-18;/h2-9,21-23H,10-16H2,1H3;1H. The fourth-order valence-corrected chi connectivity index (χ4v) is 4.54. The van der Waals surface area contributed by atoms with Crippen molar-refractivity contribution in [3.8, 4) is 0 Å². The molecule has 0 saturated carbocycles. The van der Waals surface area contributed by atoms with Crippen LogP contribution in [0.2, 0.25) is 0 Å². The Labute approximate surface area is 178 Å². The predicted molar refractivity (Wildman–Crippen MR) is 113 cm³/mol. The number of likely N-dealkylation sites (N-methyl/N-ethyl adjacent to an activating group) is 1. The third kappa shape index (κ3) is 5.34. The van der Waals surface area contributed by atoms with Gasteiger partial charge in [-0.25, -0.2) is 8.78 Å². The Bertz CT molecular complexity index is 726. The van der Waals surface area contributed by atoms with Gasteiger partial charge < -0.3 is 4.74 Å². The average Bonchev–Trinajstić information content (AvgIpc) is 2.95. The molecular formula is C23H29ClF2N2O. The van der Waals surface area contributed by atoms with Crippen molar-refractivity contribution in [2.75, 3.05) is 33.3 Å². The molecule has 6 heteroatoms. The molecule has 29 heavy (non-hydrogen) atoms. The molecule has 0 amide bonds. The summed E-state index contributed by atoms with van der Waals surface area (Å²) in [6.07, 6.45) is 3.49. The molecule has 2 aliphatic rings. The lowest BCUT2D eigenvalue weighted by Crippen LogP contribution is -2.38. The van der Waals surface area contributed by atoms with Crippen LogP contribution < -0.4 is 0 Å². The van der Waals surface area contributed by atoms with Gasteiger partial charge >= 0.3 is 0 Å². The fourth-order valence-electron chi connectivity index (χ4n) is 4.54. The predicted octanol–water partition coefficient (Wildman–Crippen LogP) is 4.66. The maximum Gasteiger partial charge on any atom is 0.123 e. The van der Waals surface area contributed by atoms with Crippen molar-refractivity contribution < 1.29 is 13.5 Å². The number of ether oxygens (including phenoxy) is 1. The van der Waals surface area contributed by atoms with E-state index in [1.807, 2.05) is 0 Å². The zero-order valence-electron chi connectivity index (χ0n) is 16.8. The van der Waals surface area contributed by atoms with Gasteiger partial charge in [-0.2, -0.15) is 0 Å². The lowest BCUT2D eigenvalue weighted by atomic mass is 10.0. The third-order valence-corrected chi connectivity index (χ3v) is 6.27. The molecule has 2 unspecified atom stereocenters. The molecule has 3 nitrogen and oxygen atoms in total. The maximum atomic E-state index is 13.3. The fraction of sp³-hybridized carbons (Fsp3) is 0.478. The van der Waals surface area contributed by atoms with E-state index in [2.05, 4.69) is 16.8 Å². The molecular weight excluding hydrogens is 394 g/mol. The second-order valence-electron chi connectivity index (χ2n) is 7.99. The number of likely N-dealkylation sites (tertiary alicyclic amines) is 1. The molecule has 2 fully saturated rings. The van der Waals surface area contributed by atoms with Crippen molar-refractivity contribution in [3.05, 3.63) is 71.3 Å². The minimum Gasteiger partial charge on any atom is -0.367 e.